The topological polar surface area (TPSA) is 0 Å². The minimum atomic E-state index is 1.27. The molecule has 0 nitrogen and oxygen atoms in total. The molecular formula is C21H15+. The Balaban J connectivity index is 2.03. The second kappa shape index (κ2) is 4.99. The molecular weight excluding hydrogens is 252 g/mol. The van der Waals surface area contributed by atoms with E-state index in [4.69, 9.17) is 0 Å². The third-order valence-corrected chi connectivity index (χ3v) is 3.96. The molecule has 0 saturated heterocycles. The summed E-state index contributed by atoms with van der Waals surface area (Å²) >= 11 is 0. The van der Waals surface area contributed by atoms with Crippen molar-refractivity contribution < 1.29 is 0 Å². The fraction of sp³-hybridized carbons (Fsp3) is 0. The molecule has 1 aliphatic carbocycles. The van der Waals surface area contributed by atoms with Crippen molar-refractivity contribution in [3.63, 3.8) is 0 Å². The van der Waals surface area contributed by atoms with E-state index in [-0.39, 0.29) is 0 Å². The van der Waals surface area contributed by atoms with Gasteiger partial charge < -0.3 is 0 Å². The van der Waals surface area contributed by atoms with Crippen LogP contribution in [0.1, 0.15) is 11.1 Å². The quantitative estimate of drug-likeness (QED) is 0.591. The summed E-state index contributed by atoms with van der Waals surface area (Å²) in [6, 6.07) is 21.5. The van der Waals surface area contributed by atoms with E-state index in [1.54, 1.807) is 0 Å². The van der Waals surface area contributed by atoms with Crippen LogP contribution in [0.4, 0.5) is 0 Å². The van der Waals surface area contributed by atoms with Crippen LogP contribution in [0.15, 0.2) is 72.8 Å². The minimum Gasteiger partial charge on any atom is -0.0616 e. The smallest absolute Gasteiger partial charge is 0.0616 e. The zero-order valence-electron chi connectivity index (χ0n) is 11.7. The fourth-order valence-corrected chi connectivity index (χ4v) is 2.92. The molecule has 4 rings (SSSR count). The highest BCUT2D eigenvalue weighted by Crippen LogP contribution is 2.18. The summed E-state index contributed by atoms with van der Waals surface area (Å²) in [5.74, 6) is 0. The van der Waals surface area contributed by atoms with Crippen molar-refractivity contribution in [2.24, 2.45) is 0 Å². The molecule has 0 N–H and O–H groups in total. The van der Waals surface area contributed by atoms with Gasteiger partial charge in [-0.05, 0) is 34.5 Å². The van der Waals surface area contributed by atoms with Crippen molar-refractivity contribution in [2.75, 3.05) is 0 Å². The van der Waals surface area contributed by atoms with Crippen LogP contribution < -0.4 is 10.4 Å². The molecule has 0 aliphatic heterocycles. The van der Waals surface area contributed by atoms with Crippen molar-refractivity contribution >= 4 is 22.9 Å². The van der Waals surface area contributed by atoms with Crippen LogP contribution >= 0.6 is 0 Å². The molecule has 0 fully saturated rings. The van der Waals surface area contributed by atoms with Gasteiger partial charge in [0, 0.05) is 35.9 Å². The fourth-order valence-electron chi connectivity index (χ4n) is 2.92. The maximum atomic E-state index is 2.28. The van der Waals surface area contributed by atoms with Crippen LogP contribution in [-0.4, -0.2) is 0 Å². The molecule has 0 bridgehead atoms. The number of benzene rings is 3. The van der Waals surface area contributed by atoms with Crippen LogP contribution in [0.2, 0.25) is 0 Å². The first-order chi connectivity index (χ1) is 10.4. The van der Waals surface area contributed by atoms with Crippen molar-refractivity contribution in [1.29, 1.82) is 0 Å². The van der Waals surface area contributed by atoms with Crippen LogP contribution in [0, 0.1) is 6.42 Å². The van der Waals surface area contributed by atoms with E-state index < -0.39 is 0 Å². The molecule has 3 aromatic carbocycles. The average Bonchev–Trinajstić information content (AvgIpc) is 2.56. The van der Waals surface area contributed by atoms with E-state index in [0.717, 1.165) is 0 Å². The largest absolute Gasteiger partial charge is 0.104 e. The molecule has 0 aromatic heterocycles. The van der Waals surface area contributed by atoms with Gasteiger partial charge in [-0.2, -0.15) is 0 Å². The molecule has 0 unspecified atom stereocenters. The van der Waals surface area contributed by atoms with Gasteiger partial charge in [0.25, 0.3) is 0 Å². The first-order valence-electron chi connectivity index (χ1n) is 7.22. The summed E-state index contributed by atoms with van der Waals surface area (Å²) in [6.45, 7) is 0. The second-order valence-electron chi connectivity index (χ2n) is 5.28. The third-order valence-electron chi connectivity index (χ3n) is 3.96. The molecule has 0 atom stereocenters. The number of allylic oxidation sites excluding steroid dienone is 2. The van der Waals surface area contributed by atoms with Crippen LogP contribution in [0.5, 0.6) is 0 Å². The zero-order valence-corrected chi connectivity index (χ0v) is 11.7. The molecule has 0 heteroatoms. The Labute approximate surface area is 124 Å². The van der Waals surface area contributed by atoms with Gasteiger partial charge in [0.05, 0.1) is 5.22 Å². The Kier molecular flexibility index (Phi) is 2.86. The molecule has 3 aromatic rings. The number of hydrogen-bond acceptors (Lipinski definition) is 0. The Bertz CT molecular complexity index is 953. The number of rotatable bonds is 1. The van der Waals surface area contributed by atoms with E-state index in [9.17, 15) is 0 Å². The SMILES string of the molecule is C1=C[CH+]c2ccc/c(=C\c3cccc4ccccc34)c2=C1. The maximum Gasteiger partial charge on any atom is 0.104 e. The van der Waals surface area contributed by atoms with Gasteiger partial charge in [0.15, 0.2) is 0 Å². The van der Waals surface area contributed by atoms with Crippen molar-refractivity contribution in [3.05, 3.63) is 101 Å². The van der Waals surface area contributed by atoms with E-state index in [1.807, 2.05) is 0 Å². The number of fused-ring (bicyclic) bond motifs is 2. The predicted molar refractivity (Wildman–Crippen MR) is 90.2 cm³/mol. The maximum absolute atomic E-state index is 2.28. The third kappa shape index (κ3) is 2.15. The summed E-state index contributed by atoms with van der Waals surface area (Å²) in [5, 5.41) is 5.15. The Morgan fingerprint density at radius 2 is 1.67 bits per heavy atom. The minimum absolute atomic E-state index is 1.27. The van der Waals surface area contributed by atoms with Gasteiger partial charge in [-0.15, -0.1) is 0 Å². The van der Waals surface area contributed by atoms with Crippen molar-refractivity contribution in [1.82, 2.24) is 0 Å². The van der Waals surface area contributed by atoms with Crippen LogP contribution in [0.25, 0.3) is 22.9 Å². The van der Waals surface area contributed by atoms with E-state index >= 15 is 0 Å². The van der Waals surface area contributed by atoms with Crippen LogP contribution in [-0.2, 0) is 0 Å². The molecule has 0 heterocycles. The summed E-state index contributed by atoms with van der Waals surface area (Å²) in [5.41, 5.74) is 2.55. The van der Waals surface area contributed by atoms with Crippen LogP contribution in [0.3, 0.4) is 0 Å². The summed E-state index contributed by atoms with van der Waals surface area (Å²) in [7, 11) is 0. The normalized spacial score (nSPS) is 13.6. The lowest BCUT2D eigenvalue weighted by Gasteiger charge is -2.02. The average molecular weight is 267 g/mol. The van der Waals surface area contributed by atoms with Crippen molar-refractivity contribution in [2.45, 2.75) is 0 Å². The Morgan fingerprint density at radius 3 is 2.67 bits per heavy atom. The highest BCUT2D eigenvalue weighted by atomic mass is 14.0. The van der Waals surface area contributed by atoms with Gasteiger partial charge in [0.1, 0.15) is 5.56 Å². The monoisotopic (exact) mass is 267 g/mol. The molecule has 21 heavy (non-hydrogen) atoms. The lowest BCUT2D eigenvalue weighted by atomic mass is 9.99. The Morgan fingerprint density at radius 1 is 0.810 bits per heavy atom. The molecule has 1 aliphatic rings. The van der Waals surface area contributed by atoms with Crippen molar-refractivity contribution in [3.8, 4) is 0 Å². The molecule has 0 amide bonds. The molecule has 0 spiro atoms. The lowest BCUT2D eigenvalue weighted by molar-refractivity contribution is 1.39. The standard InChI is InChI=1S/C21H15/c1-3-13-20-16(7-1)9-5-11-18(20)15-19-12-6-10-17-8-2-4-14-21(17)19/h1-15H/q+1/b18-15+. The number of hydrogen-bond donors (Lipinski definition) is 0. The predicted octanol–water partition coefficient (Wildman–Crippen LogP) is 3.57. The first-order valence-corrected chi connectivity index (χ1v) is 7.22. The van der Waals surface area contributed by atoms with Gasteiger partial charge in [0.2, 0.25) is 0 Å². The van der Waals surface area contributed by atoms with E-state index in [1.165, 1.54) is 32.3 Å². The molecule has 0 radical (unpaired) electrons. The summed E-state index contributed by atoms with van der Waals surface area (Å²) in [6.07, 6.45) is 10.8. The lowest BCUT2D eigenvalue weighted by Crippen LogP contribution is -2.28. The summed E-state index contributed by atoms with van der Waals surface area (Å²) in [4.78, 5) is 0. The van der Waals surface area contributed by atoms with Gasteiger partial charge in [-0.25, -0.2) is 0 Å². The molecule has 0 saturated carbocycles. The van der Waals surface area contributed by atoms with Gasteiger partial charge in [-0.3, -0.25) is 0 Å². The summed E-state index contributed by atoms with van der Waals surface area (Å²) < 4.78 is 0. The van der Waals surface area contributed by atoms with E-state index in [0.29, 0.717) is 0 Å². The molecule has 98 valence electrons. The van der Waals surface area contributed by atoms with E-state index in [2.05, 4.69) is 91.4 Å². The Hall–Kier alpha value is -2.73. The second-order valence-corrected chi connectivity index (χ2v) is 5.28. The zero-order chi connectivity index (χ0) is 14.1. The van der Waals surface area contributed by atoms with Gasteiger partial charge >= 0.3 is 0 Å². The first kappa shape index (κ1) is 12.0. The van der Waals surface area contributed by atoms with Gasteiger partial charge in [-0.1, -0.05) is 42.5 Å². The highest BCUT2D eigenvalue weighted by molar-refractivity contribution is 5.90. The highest BCUT2D eigenvalue weighted by Gasteiger charge is 2.06.